The molecule has 1 aromatic carbocycles. The average Bonchev–Trinajstić information content (AvgIpc) is 3.53. The lowest BCUT2D eigenvalue weighted by atomic mass is 10.1. The van der Waals surface area contributed by atoms with E-state index < -0.39 is 17.5 Å². The first kappa shape index (κ1) is 27.3. The van der Waals surface area contributed by atoms with Crippen LogP contribution in [-0.2, 0) is 4.74 Å². The van der Waals surface area contributed by atoms with Crippen LogP contribution < -0.4 is 4.84 Å². The van der Waals surface area contributed by atoms with Crippen LogP contribution in [0.3, 0.4) is 0 Å². The minimum Gasteiger partial charge on any atom is -0.444 e. The molecule has 8 nitrogen and oxygen atoms in total. The minimum absolute atomic E-state index is 0.0605. The summed E-state index contributed by atoms with van der Waals surface area (Å²) in [6.45, 7) is 8.60. The summed E-state index contributed by atoms with van der Waals surface area (Å²) < 4.78 is 23.1. The number of nitrogens with zero attached hydrogens (tertiary/aromatic N) is 5. The van der Waals surface area contributed by atoms with E-state index in [-0.39, 0.29) is 17.2 Å². The van der Waals surface area contributed by atoms with E-state index in [1.54, 1.807) is 28.9 Å². The highest BCUT2D eigenvalue weighted by Crippen LogP contribution is 2.34. The number of aromatic nitrogens is 4. The molecule has 0 N–H and O–H groups in total. The first-order valence-corrected chi connectivity index (χ1v) is 13.6. The highest BCUT2D eigenvalue weighted by molar-refractivity contribution is 6.36. The van der Waals surface area contributed by atoms with E-state index >= 15 is 0 Å². The fourth-order valence-corrected chi connectivity index (χ4v) is 5.38. The third-order valence-electron chi connectivity index (χ3n) is 6.69. The Morgan fingerprint density at radius 3 is 2.59 bits per heavy atom. The lowest BCUT2D eigenvalue weighted by Gasteiger charge is -2.33. The van der Waals surface area contributed by atoms with Crippen molar-refractivity contribution in [2.45, 2.75) is 58.3 Å². The molecule has 39 heavy (non-hydrogen) atoms. The van der Waals surface area contributed by atoms with E-state index in [1.165, 1.54) is 12.1 Å². The summed E-state index contributed by atoms with van der Waals surface area (Å²) >= 11 is 12.5. The Labute approximate surface area is 236 Å². The van der Waals surface area contributed by atoms with Crippen LogP contribution in [-0.4, -0.2) is 49.2 Å². The Hall–Kier alpha value is -3.30. The largest absolute Gasteiger partial charge is 0.444 e. The van der Waals surface area contributed by atoms with Crippen molar-refractivity contribution in [1.82, 2.24) is 24.4 Å². The van der Waals surface area contributed by atoms with Crippen LogP contribution in [0.15, 0.2) is 49.1 Å². The van der Waals surface area contributed by atoms with E-state index in [4.69, 9.17) is 32.8 Å². The first-order valence-electron chi connectivity index (χ1n) is 12.8. The van der Waals surface area contributed by atoms with Gasteiger partial charge in [0.2, 0.25) is 0 Å². The summed E-state index contributed by atoms with van der Waals surface area (Å²) in [5.74, 6) is -0.555. The number of rotatable bonds is 5. The van der Waals surface area contributed by atoms with Crippen molar-refractivity contribution in [3.8, 4) is 11.1 Å². The van der Waals surface area contributed by atoms with E-state index in [1.807, 2.05) is 50.0 Å². The predicted molar refractivity (Wildman–Crippen MR) is 148 cm³/mol. The maximum absolute atomic E-state index is 14.0. The van der Waals surface area contributed by atoms with Gasteiger partial charge in [-0.25, -0.2) is 9.18 Å². The molecule has 3 aromatic heterocycles. The van der Waals surface area contributed by atoms with Crippen molar-refractivity contribution < 1.29 is 18.8 Å². The molecule has 0 saturated carbocycles. The first-order chi connectivity index (χ1) is 18.5. The van der Waals surface area contributed by atoms with Crippen LogP contribution in [0.1, 0.15) is 58.2 Å². The van der Waals surface area contributed by atoms with Crippen molar-refractivity contribution in [1.29, 1.82) is 0 Å². The lowest BCUT2D eigenvalue weighted by Crippen LogP contribution is -2.42. The Morgan fingerprint density at radius 2 is 1.87 bits per heavy atom. The van der Waals surface area contributed by atoms with Crippen molar-refractivity contribution in [2.24, 2.45) is 0 Å². The number of carbonyl (C=O) groups excluding carboxylic acids is 1. The number of likely N-dealkylation sites (tertiary alicyclic amines) is 1. The Morgan fingerprint density at radius 1 is 1.13 bits per heavy atom. The van der Waals surface area contributed by atoms with Gasteiger partial charge in [-0.1, -0.05) is 23.2 Å². The number of piperidine rings is 1. The van der Waals surface area contributed by atoms with Crippen LogP contribution in [0.2, 0.25) is 10.0 Å². The van der Waals surface area contributed by atoms with Crippen molar-refractivity contribution in [3.63, 3.8) is 0 Å². The van der Waals surface area contributed by atoms with Crippen molar-refractivity contribution >= 4 is 40.3 Å². The van der Waals surface area contributed by atoms with Gasteiger partial charge in [-0.15, -0.1) is 0 Å². The third-order valence-corrected chi connectivity index (χ3v) is 7.40. The third kappa shape index (κ3) is 5.84. The van der Waals surface area contributed by atoms with Gasteiger partial charge in [-0.3, -0.25) is 9.67 Å². The summed E-state index contributed by atoms with van der Waals surface area (Å²) in [4.78, 5) is 24.8. The number of halogens is 3. The summed E-state index contributed by atoms with van der Waals surface area (Å²) in [6, 6.07) is 6.68. The predicted octanol–water partition coefficient (Wildman–Crippen LogP) is 7.11. The van der Waals surface area contributed by atoms with E-state index in [9.17, 15) is 9.18 Å². The Balaban J connectivity index is 1.30. The molecule has 5 rings (SSSR count). The zero-order valence-corrected chi connectivity index (χ0v) is 23.7. The molecule has 206 valence electrons. The van der Waals surface area contributed by atoms with Gasteiger partial charge in [-0.2, -0.15) is 9.83 Å². The molecular weight excluding hydrogens is 544 g/mol. The molecule has 0 bridgehead atoms. The number of fused-ring (bicyclic) bond motifs is 1. The van der Waals surface area contributed by atoms with Gasteiger partial charge >= 0.3 is 6.09 Å². The highest BCUT2D eigenvalue weighted by Gasteiger charge is 2.28. The molecule has 1 aliphatic rings. The number of ether oxygens (including phenoxy) is 1. The van der Waals surface area contributed by atoms with Crippen molar-refractivity contribution in [3.05, 3.63) is 70.5 Å². The highest BCUT2D eigenvalue weighted by atomic mass is 35.5. The zero-order valence-electron chi connectivity index (χ0n) is 22.2. The topological polar surface area (TPSA) is 74.4 Å². The molecule has 0 spiro atoms. The quantitative estimate of drug-likeness (QED) is 0.238. The van der Waals surface area contributed by atoms with Gasteiger partial charge in [0.25, 0.3) is 0 Å². The number of benzene rings is 1. The Bertz CT molecular complexity index is 1500. The van der Waals surface area contributed by atoms with Crippen LogP contribution >= 0.6 is 23.2 Å². The maximum Gasteiger partial charge on any atom is 0.410 e. The van der Waals surface area contributed by atoms with Gasteiger partial charge < -0.3 is 14.5 Å². The van der Waals surface area contributed by atoms with Crippen LogP contribution in [0.4, 0.5) is 9.18 Å². The van der Waals surface area contributed by atoms with Gasteiger partial charge in [0.1, 0.15) is 16.9 Å². The number of hydrogen-bond acceptors (Lipinski definition) is 5. The molecule has 1 aliphatic heterocycles. The molecule has 11 heteroatoms. The standard InChI is InChI=1S/C28H30Cl2FN5O3/c1-17(25-21(29)5-6-22(31)26(25)30)39-36-12-9-23-24(36)13-18(14-32-23)19-15-33-35(16-19)20-7-10-34(11-8-20)27(37)38-28(2,3)4/h5-6,9,12-17,20H,7-8,10-11H2,1-4H3. The van der Waals surface area contributed by atoms with Crippen molar-refractivity contribution in [2.75, 3.05) is 13.1 Å². The van der Waals surface area contributed by atoms with Crippen LogP contribution in [0.5, 0.6) is 0 Å². The normalized spacial score (nSPS) is 15.5. The molecule has 4 aromatic rings. The number of amides is 1. The lowest BCUT2D eigenvalue weighted by molar-refractivity contribution is 0.0184. The average molecular weight is 574 g/mol. The van der Waals surface area contributed by atoms with Gasteiger partial charge in [-0.05, 0) is 64.8 Å². The second-order valence-corrected chi connectivity index (χ2v) is 11.5. The maximum atomic E-state index is 14.0. The summed E-state index contributed by atoms with van der Waals surface area (Å²) in [6.07, 6.45) is 8.04. The molecule has 1 atom stereocenters. The molecule has 0 aliphatic carbocycles. The second-order valence-electron chi connectivity index (χ2n) is 10.7. The zero-order chi connectivity index (χ0) is 27.9. The Kier molecular flexibility index (Phi) is 7.48. The van der Waals surface area contributed by atoms with Gasteiger partial charge in [0.15, 0.2) is 6.10 Å². The van der Waals surface area contributed by atoms with Crippen LogP contribution in [0, 0.1) is 5.82 Å². The number of hydrogen-bond donors (Lipinski definition) is 0. The molecular formula is C28H30Cl2FN5O3. The minimum atomic E-state index is -0.616. The monoisotopic (exact) mass is 573 g/mol. The fourth-order valence-electron chi connectivity index (χ4n) is 4.70. The fraction of sp³-hybridized carbons (Fsp3) is 0.393. The number of pyridine rings is 1. The van der Waals surface area contributed by atoms with E-state index in [0.29, 0.717) is 23.7 Å². The van der Waals surface area contributed by atoms with Gasteiger partial charge in [0.05, 0.1) is 22.8 Å². The molecule has 1 saturated heterocycles. The van der Waals surface area contributed by atoms with E-state index in [0.717, 1.165) is 35.0 Å². The van der Waals surface area contributed by atoms with Gasteiger partial charge in [0, 0.05) is 53.4 Å². The second kappa shape index (κ2) is 10.7. The SMILES string of the molecule is CC(On1ccc2ncc(-c3cnn(C4CCN(C(=O)OC(C)(C)C)CC4)c3)cc21)c1c(Cl)ccc(F)c1Cl. The van der Waals surface area contributed by atoms with Crippen LogP contribution in [0.25, 0.3) is 22.2 Å². The summed E-state index contributed by atoms with van der Waals surface area (Å²) in [5, 5.41) is 4.87. The molecule has 1 unspecified atom stereocenters. The molecule has 4 heterocycles. The smallest absolute Gasteiger partial charge is 0.410 e. The van der Waals surface area contributed by atoms with E-state index in [2.05, 4.69) is 10.1 Å². The molecule has 0 radical (unpaired) electrons. The summed E-state index contributed by atoms with van der Waals surface area (Å²) in [7, 11) is 0. The summed E-state index contributed by atoms with van der Waals surface area (Å²) in [5.41, 5.74) is 3.13. The molecule has 1 amide bonds. The molecule has 1 fully saturated rings. The number of carbonyl (C=O) groups is 1.